The Hall–Kier alpha value is -2.48. The van der Waals surface area contributed by atoms with Crippen LogP contribution >= 0.6 is 0 Å². The number of methoxy groups -OCH3 is 1. The first-order chi connectivity index (χ1) is 10.9. The number of likely N-dealkylation sites (tertiary alicyclic amines) is 1. The van der Waals surface area contributed by atoms with Gasteiger partial charge in [0, 0.05) is 19.2 Å². The molecular weight excluding hydrogens is 302 g/mol. The van der Waals surface area contributed by atoms with Crippen molar-refractivity contribution in [2.45, 2.75) is 19.4 Å². The van der Waals surface area contributed by atoms with Crippen LogP contribution in [0.1, 0.15) is 28.8 Å². The maximum atomic E-state index is 11.9. The van der Waals surface area contributed by atoms with Gasteiger partial charge in [0.25, 0.3) is 5.69 Å². The summed E-state index contributed by atoms with van der Waals surface area (Å²) in [7, 11) is 1.23. The van der Waals surface area contributed by atoms with E-state index in [-0.39, 0.29) is 29.6 Å². The van der Waals surface area contributed by atoms with Crippen LogP contribution in [0.3, 0.4) is 0 Å². The smallest absolute Gasteiger partial charge is 0.338 e. The number of nitro benzene ring substituents is 1. The molecule has 1 saturated heterocycles. The third kappa shape index (κ3) is 3.84. The minimum atomic E-state index is -0.618. The summed E-state index contributed by atoms with van der Waals surface area (Å²) in [6, 6.07) is 4.32. The van der Waals surface area contributed by atoms with E-state index in [4.69, 9.17) is 10.5 Å². The molecule has 8 heteroatoms. The first-order valence-corrected chi connectivity index (χ1v) is 7.30. The SMILES string of the molecule is COC(=O)c1cccc([N+](=O)[O-])c1CN1CCC[C@@H](C(N)=O)C1. The van der Waals surface area contributed by atoms with E-state index < -0.39 is 10.9 Å². The van der Waals surface area contributed by atoms with Gasteiger partial charge in [-0.3, -0.25) is 19.8 Å². The number of esters is 1. The van der Waals surface area contributed by atoms with Crippen molar-refractivity contribution < 1.29 is 19.2 Å². The maximum Gasteiger partial charge on any atom is 0.338 e. The molecule has 0 bridgehead atoms. The third-order valence-electron chi connectivity index (χ3n) is 4.04. The van der Waals surface area contributed by atoms with Gasteiger partial charge in [-0.1, -0.05) is 6.07 Å². The summed E-state index contributed by atoms with van der Waals surface area (Å²) in [6.45, 7) is 1.32. The van der Waals surface area contributed by atoms with Crippen molar-refractivity contribution in [1.82, 2.24) is 4.90 Å². The summed E-state index contributed by atoms with van der Waals surface area (Å²) in [5, 5.41) is 11.3. The van der Waals surface area contributed by atoms with Crippen molar-refractivity contribution in [3.05, 3.63) is 39.4 Å². The van der Waals surface area contributed by atoms with Gasteiger partial charge in [0.1, 0.15) is 0 Å². The Balaban J connectivity index is 2.31. The Morgan fingerprint density at radius 1 is 1.48 bits per heavy atom. The molecule has 0 aliphatic carbocycles. The van der Waals surface area contributed by atoms with Gasteiger partial charge in [0.2, 0.25) is 5.91 Å². The molecule has 1 aliphatic heterocycles. The summed E-state index contributed by atoms with van der Waals surface area (Å²) >= 11 is 0. The van der Waals surface area contributed by atoms with E-state index in [1.807, 2.05) is 4.90 Å². The van der Waals surface area contributed by atoms with Gasteiger partial charge < -0.3 is 10.5 Å². The zero-order valence-corrected chi connectivity index (χ0v) is 12.9. The quantitative estimate of drug-likeness (QED) is 0.493. The van der Waals surface area contributed by atoms with Crippen LogP contribution in [0.4, 0.5) is 5.69 Å². The van der Waals surface area contributed by atoms with Crippen LogP contribution < -0.4 is 5.73 Å². The molecule has 1 aromatic rings. The van der Waals surface area contributed by atoms with Crippen LogP contribution in [0, 0.1) is 16.0 Å². The van der Waals surface area contributed by atoms with E-state index in [0.29, 0.717) is 25.1 Å². The van der Waals surface area contributed by atoms with Crippen molar-refractivity contribution in [2.75, 3.05) is 20.2 Å². The van der Waals surface area contributed by atoms with E-state index in [1.54, 1.807) is 0 Å². The molecule has 0 unspecified atom stereocenters. The molecule has 2 N–H and O–H groups in total. The van der Waals surface area contributed by atoms with Gasteiger partial charge in [0.15, 0.2) is 0 Å². The third-order valence-corrected chi connectivity index (χ3v) is 4.04. The molecule has 23 heavy (non-hydrogen) atoms. The number of nitrogens with two attached hydrogens (primary N) is 1. The second-order valence-corrected chi connectivity index (χ2v) is 5.53. The maximum absolute atomic E-state index is 11.9. The molecule has 0 saturated carbocycles. The van der Waals surface area contributed by atoms with E-state index in [2.05, 4.69) is 0 Å². The van der Waals surface area contributed by atoms with Crippen LogP contribution in [-0.2, 0) is 16.1 Å². The minimum absolute atomic E-state index is 0.130. The lowest BCUT2D eigenvalue weighted by molar-refractivity contribution is -0.385. The summed E-state index contributed by atoms with van der Waals surface area (Å²) in [6.07, 6.45) is 1.49. The van der Waals surface area contributed by atoms with E-state index in [9.17, 15) is 19.7 Å². The molecule has 1 atom stereocenters. The fourth-order valence-corrected chi connectivity index (χ4v) is 2.87. The first kappa shape index (κ1) is 16.9. The van der Waals surface area contributed by atoms with Gasteiger partial charge in [0.05, 0.1) is 29.1 Å². The highest BCUT2D eigenvalue weighted by atomic mass is 16.6. The predicted octanol–water partition coefficient (Wildman–Crippen LogP) is 1.08. The molecular formula is C15H19N3O5. The molecule has 8 nitrogen and oxygen atoms in total. The summed E-state index contributed by atoms with van der Waals surface area (Å²) in [5.74, 6) is -1.26. The van der Waals surface area contributed by atoms with Crippen LogP contribution in [0.15, 0.2) is 18.2 Å². The zero-order valence-electron chi connectivity index (χ0n) is 12.9. The summed E-state index contributed by atoms with van der Waals surface area (Å²) in [5.41, 5.74) is 5.69. The standard InChI is InChI=1S/C15H19N3O5/c1-23-15(20)11-5-2-6-13(18(21)22)12(11)9-17-7-3-4-10(8-17)14(16)19/h2,5-6,10H,3-4,7-9H2,1H3,(H2,16,19)/t10-/m1/s1. The average molecular weight is 321 g/mol. The molecule has 1 amide bonds. The Kier molecular flexibility index (Phi) is 5.28. The number of carbonyl (C=O) groups is 2. The van der Waals surface area contributed by atoms with Gasteiger partial charge in [-0.25, -0.2) is 4.79 Å². The molecule has 0 spiro atoms. The Labute approximate surface area is 133 Å². The van der Waals surface area contributed by atoms with E-state index in [1.165, 1.54) is 25.3 Å². The lowest BCUT2D eigenvalue weighted by Gasteiger charge is -2.31. The first-order valence-electron chi connectivity index (χ1n) is 7.30. The van der Waals surface area contributed by atoms with Crippen molar-refractivity contribution in [2.24, 2.45) is 11.7 Å². The Morgan fingerprint density at radius 2 is 2.22 bits per heavy atom. The number of hydrogen-bond acceptors (Lipinski definition) is 6. The van der Waals surface area contributed by atoms with Crippen LogP contribution in [0.25, 0.3) is 0 Å². The Morgan fingerprint density at radius 3 is 2.83 bits per heavy atom. The monoisotopic (exact) mass is 321 g/mol. The van der Waals surface area contributed by atoms with Gasteiger partial charge in [-0.2, -0.15) is 0 Å². The highest BCUT2D eigenvalue weighted by molar-refractivity contribution is 5.92. The molecule has 1 aromatic carbocycles. The number of piperidine rings is 1. The van der Waals surface area contributed by atoms with E-state index >= 15 is 0 Å². The normalized spacial score (nSPS) is 18.4. The molecule has 0 aromatic heterocycles. The Bertz CT molecular complexity index is 632. The van der Waals surface area contributed by atoms with Crippen molar-refractivity contribution >= 4 is 17.6 Å². The second kappa shape index (κ2) is 7.19. The minimum Gasteiger partial charge on any atom is -0.465 e. The largest absolute Gasteiger partial charge is 0.465 e. The number of hydrogen-bond donors (Lipinski definition) is 1. The number of primary amides is 1. The van der Waals surface area contributed by atoms with Crippen LogP contribution in [-0.4, -0.2) is 41.9 Å². The molecule has 2 rings (SSSR count). The van der Waals surface area contributed by atoms with Crippen molar-refractivity contribution in [3.8, 4) is 0 Å². The number of ether oxygens (including phenoxy) is 1. The molecule has 124 valence electrons. The lowest BCUT2D eigenvalue weighted by Crippen LogP contribution is -2.41. The van der Waals surface area contributed by atoms with Gasteiger partial charge >= 0.3 is 5.97 Å². The van der Waals surface area contributed by atoms with Crippen LogP contribution in [0.5, 0.6) is 0 Å². The lowest BCUT2D eigenvalue weighted by atomic mass is 9.96. The number of rotatable bonds is 5. The van der Waals surface area contributed by atoms with Crippen LogP contribution in [0.2, 0.25) is 0 Å². The topological polar surface area (TPSA) is 116 Å². The fourth-order valence-electron chi connectivity index (χ4n) is 2.87. The van der Waals surface area contributed by atoms with Gasteiger partial charge in [-0.05, 0) is 25.5 Å². The zero-order chi connectivity index (χ0) is 17.0. The predicted molar refractivity (Wildman–Crippen MR) is 81.6 cm³/mol. The number of benzene rings is 1. The average Bonchev–Trinajstić information content (AvgIpc) is 2.54. The summed E-state index contributed by atoms with van der Waals surface area (Å²) < 4.78 is 4.71. The highest BCUT2D eigenvalue weighted by Gasteiger charge is 2.28. The molecule has 1 fully saturated rings. The number of amides is 1. The molecule has 1 heterocycles. The molecule has 1 aliphatic rings. The second-order valence-electron chi connectivity index (χ2n) is 5.53. The summed E-state index contributed by atoms with van der Waals surface area (Å²) in [4.78, 5) is 35.9. The highest BCUT2D eigenvalue weighted by Crippen LogP contribution is 2.27. The fraction of sp³-hybridized carbons (Fsp3) is 0.467. The number of nitrogens with zero attached hydrogens (tertiary/aromatic N) is 2. The van der Waals surface area contributed by atoms with Crippen molar-refractivity contribution in [1.29, 1.82) is 0 Å². The van der Waals surface area contributed by atoms with Crippen molar-refractivity contribution in [3.63, 3.8) is 0 Å². The molecule has 0 radical (unpaired) electrons. The number of carbonyl (C=O) groups excluding carboxylic acids is 2. The van der Waals surface area contributed by atoms with Gasteiger partial charge in [-0.15, -0.1) is 0 Å². The van der Waals surface area contributed by atoms with E-state index in [0.717, 1.165) is 6.42 Å². The number of nitro groups is 1.